The summed E-state index contributed by atoms with van der Waals surface area (Å²) in [6, 6.07) is 8.71. The molecule has 1 aromatic rings. The number of piperidine rings is 1. The average molecular weight is 397 g/mol. The lowest BCUT2D eigenvalue weighted by atomic mass is 9.97. The topological polar surface area (TPSA) is 92.8 Å². The molecule has 0 aromatic heterocycles. The van der Waals surface area contributed by atoms with Gasteiger partial charge in [0.2, 0.25) is 15.9 Å². The normalized spacial score (nSPS) is 19.3. The second-order valence-electron chi connectivity index (χ2n) is 6.77. The number of nitrogens with one attached hydrogen (secondary N) is 1. The monoisotopic (exact) mass is 396 g/mol. The van der Waals surface area contributed by atoms with E-state index in [1.54, 1.807) is 0 Å². The minimum absolute atomic E-state index is 0.0246. The highest BCUT2D eigenvalue weighted by molar-refractivity contribution is 7.89. The maximum Gasteiger partial charge on any atom is 0.307 e. The van der Waals surface area contributed by atoms with Gasteiger partial charge in [0, 0.05) is 13.1 Å². The molecule has 1 heterocycles. The third-order valence-corrected chi connectivity index (χ3v) is 6.77. The van der Waals surface area contributed by atoms with Gasteiger partial charge in [-0.15, -0.1) is 0 Å². The van der Waals surface area contributed by atoms with Gasteiger partial charge in [-0.1, -0.05) is 37.3 Å². The van der Waals surface area contributed by atoms with Crippen LogP contribution in [0.3, 0.4) is 0 Å². The number of hydrogen-bond donors (Lipinski definition) is 1. The van der Waals surface area contributed by atoms with E-state index in [2.05, 4.69) is 5.32 Å². The highest BCUT2D eigenvalue weighted by atomic mass is 32.2. The standard InChI is InChI=1S/C19H28N2O5S/c1-3-12-27(24,25)21-11-7-10-16(14-21)19(23)20-17(13-18(22)26-2)15-8-5-4-6-9-15/h4-6,8-9,16-17H,3,7,10-14H2,1-2H3,(H,20,23). The van der Waals surface area contributed by atoms with Crippen LogP contribution >= 0.6 is 0 Å². The Morgan fingerprint density at radius 2 is 2.00 bits per heavy atom. The highest BCUT2D eigenvalue weighted by Crippen LogP contribution is 2.23. The number of rotatable bonds is 8. The van der Waals surface area contributed by atoms with Crippen LogP contribution < -0.4 is 5.32 Å². The molecule has 1 aliphatic heterocycles. The fraction of sp³-hybridized carbons (Fsp3) is 0.579. The molecule has 0 radical (unpaired) electrons. The van der Waals surface area contributed by atoms with Crippen LogP contribution in [0.15, 0.2) is 30.3 Å². The molecule has 2 unspecified atom stereocenters. The van der Waals surface area contributed by atoms with E-state index in [4.69, 9.17) is 4.74 Å². The molecule has 2 atom stereocenters. The number of benzene rings is 1. The first-order valence-corrected chi connectivity index (χ1v) is 10.9. The van der Waals surface area contributed by atoms with Crippen LogP contribution in [-0.4, -0.2) is 50.6 Å². The third-order valence-electron chi connectivity index (χ3n) is 4.73. The van der Waals surface area contributed by atoms with Crippen molar-refractivity contribution in [3.05, 3.63) is 35.9 Å². The molecular weight excluding hydrogens is 368 g/mol. The molecule has 150 valence electrons. The quantitative estimate of drug-likeness (QED) is 0.677. The van der Waals surface area contributed by atoms with Gasteiger partial charge >= 0.3 is 5.97 Å². The lowest BCUT2D eigenvalue weighted by Crippen LogP contribution is -2.46. The van der Waals surface area contributed by atoms with Crippen LogP contribution in [-0.2, 0) is 24.3 Å². The number of hydrogen-bond acceptors (Lipinski definition) is 5. The first-order chi connectivity index (χ1) is 12.9. The van der Waals surface area contributed by atoms with Crippen molar-refractivity contribution in [1.29, 1.82) is 0 Å². The molecule has 0 aliphatic carbocycles. The van der Waals surface area contributed by atoms with Crippen molar-refractivity contribution >= 4 is 21.9 Å². The van der Waals surface area contributed by atoms with Crippen molar-refractivity contribution in [3.8, 4) is 0 Å². The SMILES string of the molecule is CCCS(=O)(=O)N1CCCC(C(=O)NC(CC(=O)OC)c2ccccc2)C1. The van der Waals surface area contributed by atoms with E-state index in [-0.39, 0.29) is 24.6 Å². The number of ether oxygens (including phenoxy) is 1. The van der Waals surface area contributed by atoms with Gasteiger partial charge in [-0.25, -0.2) is 12.7 Å². The highest BCUT2D eigenvalue weighted by Gasteiger charge is 2.33. The largest absolute Gasteiger partial charge is 0.469 e. The van der Waals surface area contributed by atoms with E-state index in [1.807, 2.05) is 37.3 Å². The van der Waals surface area contributed by atoms with Crippen LogP contribution in [0.2, 0.25) is 0 Å². The number of nitrogens with zero attached hydrogens (tertiary/aromatic N) is 1. The van der Waals surface area contributed by atoms with E-state index >= 15 is 0 Å². The summed E-state index contributed by atoms with van der Waals surface area (Å²) < 4.78 is 30.8. The second-order valence-corrected chi connectivity index (χ2v) is 8.85. The van der Waals surface area contributed by atoms with Crippen molar-refractivity contribution in [2.24, 2.45) is 5.92 Å². The third kappa shape index (κ3) is 6.04. The summed E-state index contributed by atoms with van der Waals surface area (Å²) in [5, 5.41) is 2.91. The molecule has 1 aromatic carbocycles. The molecule has 2 rings (SSSR count). The van der Waals surface area contributed by atoms with Gasteiger partial charge in [-0.2, -0.15) is 0 Å². The lowest BCUT2D eigenvalue weighted by Gasteiger charge is -2.32. The van der Waals surface area contributed by atoms with E-state index in [1.165, 1.54) is 11.4 Å². The number of carbonyl (C=O) groups is 2. The summed E-state index contributed by atoms with van der Waals surface area (Å²) in [5.41, 5.74) is 0.808. The summed E-state index contributed by atoms with van der Waals surface area (Å²) in [6.07, 6.45) is 1.85. The molecule has 27 heavy (non-hydrogen) atoms. The minimum atomic E-state index is -3.32. The first kappa shape index (κ1) is 21.4. The fourth-order valence-corrected chi connectivity index (χ4v) is 4.86. The second kappa shape index (κ2) is 9.85. The Labute approximate surface area is 161 Å². The van der Waals surface area contributed by atoms with E-state index < -0.39 is 28.0 Å². The van der Waals surface area contributed by atoms with Crippen LogP contribution in [0.5, 0.6) is 0 Å². The van der Waals surface area contributed by atoms with Crippen molar-refractivity contribution in [3.63, 3.8) is 0 Å². The molecule has 0 saturated carbocycles. The Morgan fingerprint density at radius 1 is 1.30 bits per heavy atom. The number of methoxy groups -OCH3 is 1. The molecule has 1 amide bonds. The zero-order valence-corrected chi connectivity index (χ0v) is 16.7. The van der Waals surface area contributed by atoms with Gasteiger partial charge in [0.25, 0.3) is 0 Å². The lowest BCUT2D eigenvalue weighted by molar-refractivity contribution is -0.141. The average Bonchev–Trinajstić information content (AvgIpc) is 2.68. The molecule has 1 fully saturated rings. The Hall–Kier alpha value is -1.93. The van der Waals surface area contributed by atoms with Crippen molar-refractivity contribution in [2.45, 2.75) is 38.6 Å². The zero-order valence-electron chi connectivity index (χ0n) is 15.9. The Balaban J connectivity index is 2.08. The minimum Gasteiger partial charge on any atom is -0.469 e. The zero-order chi connectivity index (χ0) is 19.9. The van der Waals surface area contributed by atoms with Gasteiger partial charge in [0.05, 0.1) is 31.2 Å². The van der Waals surface area contributed by atoms with Crippen LogP contribution in [0.25, 0.3) is 0 Å². The van der Waals surface area contributed by atoms with Gasteiger partial charge < -0.3 is 10.1 Å². The summed E-state index contributed by atoms with van der Waals surface area (Å²) in [4.78, 5) is 24.5. The molecule has 1 N–H and O–H groups in total. The molecule has 7 nitrogen and oxygen atoms in total. The van der Waals surface area contributed by atoms with E-state index in [0.717, 1.165) is 5.56 Å². The van der Waals surface area contributed by atoms with Crippen LogP contribution in [0.4, 0.5) is 0 Å². The van der Waals surface area contributed by atoms with Crippen LogP contribution in [0.1, 0.15) is 44.2 Å². The fourth-order valence-electron chi connectivity index (χ4n) is 3.27. The molecular formula is C19H28N2O5S. The molecule has 0 spiro atoms. The smallest absolute Gasteiger partial charge is 0.307 e. The number of esters is 1. The van der Waals surface area contributed by atoms with E-state index in [9.17, 15) is 18.0 Å². The predicted molar refractivity (Wildman–Crippen MR) is 102 cm³/mol. The van der Waals surface area contributed by atoms with Gasteiger partial charge in [-0.05, 0) is 24.8 Å². The van der Waals surface area contributed by atoms with Gasteiger partial charge in [0.15, 0.2) is 0 Å². The molecule has 8 heteroatoms. The maximum absolute atomic E-state index is 12.8. The first-order valence-electron chi connectivity index (χ1n) is 9.27. The number of amides is 1. The Morgan fingerprint density at radius 3 is 2.63 bits per heavy atom. The van der Waals surface area contributed by atoms with E-state index in [0.29, 0.717) is 25.8 Å². The van der Waals surface area contributed by atoms with Crippen LogP contribution in [0, 0.1) is 5.92 Å². The van der Waals surface area contributed by atoms with Gasteiger partial charge in [0.1, 0.15) is 0 Å². The molecule has 1 aliphatic rings. The van der Waals surface area contributed by atoms with Gasteiger partial charge in [-0.3, -0.25) is 9.59 Å². The summed E-state index contributed by atoms with van der Waals surface area (Å²) in [6.45, 7) is 2.47. The van der Waals surface area contributed by atoms with Crippen molar-refractivity contribution in [2.75, 3.05) is 26.0 Å². The Bertz CT molecular complexity index is 736. The molecule has 0 bridgehead atoms. The summed E-state index contributed by atoms with van der Waals surface area (Å²) in [5.74, 6) is -0.977. The maximum atomic E-state index is 12.8. The van der Waals surface area contributed by atoms with Crippen molar-refractivity contribution in [1.82, 2.24) is 9.62 Å². The molecule has 1 saturated heterocycles. The predicted octanol–water partition coefficient (Wildman–Crippen LogP) is 1.86. The summed E-state index contributed by atoms with van der Waals surface area (Å²) in [7, 11) is -2.01. The summed E-state index contributed by atoms with van der Waals surface area (Å²) >= 11 is 0. The number of carbonyl (C=O) groups excluding carboxylic acids is 2. The Kier molecular flexibility index (Phi) is 7.79. The number of sulfonamides is 1. The van der Waals surface area contributed by atoms with Crippen molar-refractivity contribution < 1.29 is 22.7 Å².